The molecule has 0 aromatic heterocycles. The van der Waals surface area contributed by atoms with E-state index < -0.39 is 10.0 Å². The van der Waals surface area contributed by atoms with Crippen molar-refractivity contribution in [2.24, 2.45) is 0 Å². The van der Waals surface area contributed by atoms with E-state index in [1.807, 2.05) is 20.8 Å². The Morgan fingerprint density at radius 3 is 2.26 bits per heavy atom. The molecule has 27 heavy (non-hydrogen) atoms. The zero-order valence-corrected chi connectivity index (χ0v) is 17.4. The van der Waals surface area contributed by atoms with E-state index in [0.29, 0.717) is 28.2 Å². The molecule has 0 bridgehead atoms. The molecular weight excluding hydrogens is 358 g/mol. The van der Waals surface area contributed by atoms with Crippen LogP contribution in [0.2, 0.25) is 0 Å². The van der Waals surface area contributed by atoms with Gasteiger partial charge in [-0.15, -0.1) is 0 Å². The van der Waals surface area contributed by atoms with Gasteiger partial charge < -0.3 is 4.74 Å². The van der Waals surface area contributed by atoms with E-state index in [0.717, 1.165) is 18.4 Å². The Hall–Kier alpha value is -1.85. The molecule has 1 N–H and O–H groups in total. The van der Waals surface area contributed by atoms with Crippen molar-refractivity contribution in [3.05, 3.63) is 58.1 Å². The van der Waals surface area contributed by atoms with E-state index in [9.17, 15) is 8.42 Å². The van der Waals surface area contributed by atoms with Crippen molar-refractivity contribution in [1.82, 2.24) is 4.72 Å². The number of sulfonamides is 1. The van der Waals surface area contributed by atoms with Gasteiger partial charge in [0.1, 0.15) is 5.75 Å². The van der Waals surface area contributed by atoms with Crippen molar-refractivity contribution in [3.8, 4) is 5.75 Å². The molecule has 0 aliphatic heterocycles. The molecule has 0 fully saturated rings. The maximum atomic E-state index is 13.2. The lowest BCUT2D eigenvalue weighted by atomic mass is 9.89. The van der Waals surface area contributed by atoms with Gasteiger partial charge in [-0.2, -0.15) is 0 Å². The van der Waals surface area contributed by atoms with Crippen LogP contribution in [-0.4, -0.2) is 15.5 Å². The van der Waals surface area contributed by atoms with Crippen molar-refractivity contribution in [1.29, 1.82) is 0 Å². The lowest BCUT2D eigenvalue weighted by Gasteiger charge is -2.22. The Balaban J connectivity index is 1.92. The summed E-state index contributed by atoms with van der Waals surface area (Å²) in [5.41, 5.74) is 5.21. The van der Waals surface area contributed by atoms with Gasteiger partial charge in [0.15, 0.2) is 0 Å². The normalized spacial score (nSPS) is 15.3. The molecule has 0 spiro atoms. The van der Waals surface area contributed by atoms with Crippen LogP contribution < -0.4 is 9.46 Å². The third-order valence-corrected chi connectivity index (χ3v) is 7.20. The molecule has 146 valence electrons. The maximum Gasteiger partial charge on any atom is 0.241 e. The highest BCUT2D eigenvalue weighted by Crippen LogP contribution is 2.30. The molecule has 0 saturated carbocycles. The van der Waals surface area contributed by atoms with Gasteiger partial charge in [0.25, 0.3) is 0 Å². The number of nitrogens with one attached hydrogen (secondary N) is 1. The molecule has 4 nitrogen and oxygen atoms in total. The van der Waals surface area contributed by atoms with Crippen LogP contribution in [0.5, 0.6) is 5.75 Å². The first-order chi connectivity index (χ1) is 12.9. The number of hydrogen-bond acceptors (Lipinski definition) is 3. The second-order valence-electron chi connectivity index (χ2n) is 7.41. The zero-order chi connectivity index (χ0) is 19.6. The van der Waals surface area contributed by atoms with Gasteiger partial charge in [-0.3, -0.25) is 0 Å². The van der Waals surface area contributed by atoms with Crippen molar-refractivity contribution in [2.75, 3.05) is 7.11 Å². The molecule has 1 atom stereocenters. The van der Waals surface area contributed by atoms with Gasteiger partial charge in [-0.25, -0.2) is 13.1 Å². The first-order valence-corrected chi connectivity index (χ1v) is 11.1. The fourth-order valence-electron chi connectivity index (χ4n) is 4.06. The van der Waals surface area contributed by atoms with Crippen LogP contribution in [0.1, 0.15) is 60.0 Å². The number of fused-ring (bicyclic) bond motifs is 1. The molecule has 2 aromatic rings. The average molecular weight is 388 g/mol. The minimum absolute atomic E-state index is 0.233. The van der Waals surface area contributed by atoms with E-state index >= 15 is 0 Å². The van der Waals surface area contributed by atoms with Gasteiger partial charge in [0, 0.05) is 6.04 Å². The summed E-state index contributed by atoms with van der Waals surface area (Å²) in [6.07, 6.45) is 5.37. The SMILES string of the molecule is CC[C@H](NS(=O)(=O)c1c(C)cc(OC)cc1C)c1ccc2c(c1)CCCC2. The summed E-state index contributed by atoms with van der Waals surface area (Å²) in [5, 5.41) is 0. The maximum absolute atomic E-state index is 13.2. The number of ether oxygens (including phenoxy) is 1. The summed E-state index contributed by atoms with van der Waals surface area (Å²) < 4.78 is 34.5. The number of aryl methyl sites for hydroxylation is 4. The Labute approximate surface area is 163 Å². The lowest BCUT2D eigenvalue weighted by molar-refractivity contribution is 0.413. The molecule has 5 heteroatoms. The first kappa shape index (κ1) is 19.9. The van der Waals surface area contributed by atoms with Crippen molar-refractivity contribution in [3.63, 3.8) is 0 Å². The molecule has 0 heterocycles. The average Bonchev–Trinajstić information content (AvgIpc) is 2.64. The second-order valence-corrected chi connectivity index (χ2v) is 9.06. The van der Waals surface area contributed by atoms with Crippen LogP contribution in [-0.2, 0) is 22.9 Å². The molecular formula is C22H29NO3S. The van der Waals surface area contributed by atoms with Gasteiger partial charge in [-0.1, -0.05) is 25.1 Å². The van der Waals surface area contributed by atoms with Crippen LogP contribution in [0.25, 0.3) is 0 Å². The van der Waals surface area contributed by atoms with Crippen LogP contribution >= 0.6 is 0 Å². The Kier molecular flexibility index (Phi) is 5.92. The first-order valence-electron chi connectivity index (χ1n) is 9.65. The summed E-state index contributed by atoms with van der Waals surface area (Å²) in [6, 6.07) is 9.74. The van der Waals surface area contributed by atoms with Gasteiger partial charge >= 0.3 is 0 Å². The van der Waals surface area contributed by atoms with E-state index in [1.54, 1.807) is 19.2 Å². The number of benzene rings is 2. The van der Waals surface area contributed by atoms with Gasteiger partial charge in [-0.05, 0) is 85.9 Å². The van der Waals surface area contributed by atoms with E-state index in [2.05, 4.69) is 22.9 Å². The predicted octanol–water partition coefficient (Wildman–Crippen LogP) is 4.62. The fraction of sp³-hybridized carbons (Fsp3) is 0.455. The number of hydrogen-bond donors (Lipinski definition) is 1. The second kappa shape index (κ2) is 8.03. The summed E-state index contributed by atoms with van der Waals surface area (Å²) >= 11 is 0. The van der Waals surface area contributed by atoms with Crippen LogP contribution in [0.15, 0.2) is 35.2 Å². The summed E-state index contributed by atoms with van der Waals surface area (Å²) in [4.78, 5) is 0.347. The smallest absolute Gasteiger partial charge is 0.241 e. The zero-order valence-electron chi connectivity index (χ0n) is 16.6. The molecule has 0 radical (unpaired) electrons. The third-order valence-electron chi connectivity index (χ3n) is 5.42. The fourth-order valence-corrected chi connectivity index (χ4v) is 5.82. The Morgan fingerprint density at radius 1 is 1.04 bits per heavy atom. The van der Waals surface area contributed by atoms with E-state index in [-0.39, 0.29) is 6.04 Å². The highest BCUT2D eigenvalue weighted by atomic mass is 32.2. The molecule has 1 aliphatic carbocycles. The van der Waals surface area contributed by atoms with Crippen LogP contribution in [0, 0.1) is 13.8 Å². The van der Waals surface area contributed by atoms with Crippen molar-refractivity contribution < 1.29 is 13.2 Å². The van der Waals surface area contributed by atoms with Gasteiger partial charge in [0.05, 0.1) is 12.0 Å². The predicted molar refractivity (Wildman–Crippen MR) is 109 cm³/mol. The standard InChI is InChI=1S/C22H29NO3S/c1-5-21(19-11-10-17-8-6-7-9-18(17)14-19)23-27(24,25)22-15(2)12-20(26-4)13-16(22)3/h10-14,21,23H,5-9H2,1-4H3/t21-/m0/s1. The summed E-state index contributed by atoms with van der Waals surface area (Å²) in [5.74, 6) is 0.672. The molecule has 0 amide bonds. The molecule has 3 rings (SSSR count). The highest BCUT2D eigenvalue weighted by Gasteiger charge is 2.25. The quantitative estimate of drug-likeness (QED) is 0.787. The minimum Gasteiger partial charge on any atom is -0.497 e. The minimum atomic E-state index is -3.63. The Bertz CT molecular complexity index is 912. The topological polar surface area (TPSA) is 55.4 Å². The molecule has 2 aromatic carbocycles. The molecule has 1 aliphatic rings. The third kappa shape index (κ3) is 4.19. The van der Waals surface area contributed by atoms with Crippen LogP contribution in [0.4, 0.5) is 0 Å². The summed E-state index contributed by atoms with van der Waals surface area (Å²) in [7, 11) is -2.05. The molecule has 0 unspecified atom stereocenters. The largest absolute Gasteiger partial charge is 0.497 e. The van der Waals surface area contributed by atoms with Crippen LogP contribution in [0.3, 0.4) is 0 Å². The molecule has 0 saturated heterocycles. The lowest BCUT2D eigenvalue weighted by Crippen LogP contribution is -2.29. The number of rotatable bonds is 6. The van der Waals surface area contributed by atoms with Crippen molar-refractivity contribution in [2.45, 2.75) is 63.8 Å². The number of methoxy groups -OCH3 is 1. The van der Waals surface area contributed by atoms with E-state index in [1.165, 1.54) is 24.0 Å². The van der Waals surface area contributed by atoms with Gasteiger partial charge in [0.2, 0.25) is 10.0 Å². The highest BCUT2D eigenvalue weighted by molar-refractivity contribution is 7.89. The van der Waals surface area contributed by atoms with Crippen molar-refractivity contribution >= 4 is 10.0 Å². The Morgan fingerprint density at radius 2 is 1.67 bits per heavy atom. The monoisotopic (exact) mass is 387 g/mol. The summed E-state index contributed by atoms with van der Waals surface area (Å²) in [6.45, 7) is 5.63. The van der Waals surface area contributed by atoms with E-state index in [4.69, 9.17) is 4.74 Å².